The van der Waals surface area contributed by atoms with Crippen molar-refractivity contribution in [3.63, 3.8) is 0 Å². The molecule has 4 heteroatoms. The Bertz CT molecular complexity index is 85.8. The van der Waals surface area contributed by atoms with Gasteiger partial charge in [-0.2, -0.15) is 0 Å². The standard InChI is InChI=1S/C6H15BrO2Si/c1-4-5-6-10(7,8-2)9-3/h4-6H2,1-3H3. The van der Waals surface area contributed by atoms with Crippen LogP contribution in [0.25, 0.3) is 0 Å². The zero-order valence-corrected chi connectivity index (χ0v) is 9.40. The van der Waals surface area contributed by atoms with E-state index in [2.05, 4.69) is 22.2 Å². The van der Waals surface area contributed by atoms with E-state index < -0.39 is 7.18 Å². The molecule has 0 atom stereocenters. The van der Waals surface area contributed by atoms with Gasteiger partial charge in [-0.05, 0) is 0 Å². The number of halogens is 1. The van der Waals surface area contributed by atoms with E-state index in [-0.39, 0.29) is 0 Å². The number of hydrogen-bond acceptors (Lipinski definition) is 2. The smallest absolute Gasteiger partial charge is 0.390 e. The van der Waals surface area contributed by atoms with Crippen molar-refractivity contribution in [2.24, 2.45) is 0 Å². The molecule has 62 valence electrons. The highest BCUT2D eigenvalue weighted by molar-refractivity contribution is 9.25. The minimum absolute atomic E-state index is 1.02. The maximum absolute atomic E-state index is 5.22. The van der Waals surface area contributed by atoms with Crippen molar-refractivity contribution in [3.05, 3.63) is 0 Å². The molecule has 0 saturated carbocycles. The first kappa shape index (κ1) is 10.6. The van der Waals surface area contributed by atoms with Crippen molar-refractivity contribution in [2.45, 2.75) is 25.8 Å². The molecule has 0 heterocycles. The lowest BCUT2D eigenvalue weighted by atomic mass is 10.4. The largest absolute Gasteiger partial charge is 0.413 e. The predicted octanol–water partition coefficient (Wildman–Crippen LogP) is 2.41. The molecule has 0 aromatic heterocycles. The Morgan fingerprint density at radius 3 is 2.10 bits per heavy atom. The lowest BCUT2D eigenvalue weighted by Gasteiger charge is -2.19. The second-order valence-corrected chi connectivity index (χ2v) is 8.43. The number of hydrogen-bond donors (Lipinski definition) is 0. The molecule has 0 saturated heterocycles. The molecule has 0 radical (unpaired) electrons. The van der Waals surface area contributed by atoms with Crippen molar-refractivity contribution >= 4 is 22.5 Å². The highest BCUT2D eigenvalue weighted by Crippen LogP contribution is 2.21. The normalized spacial score (nSPS) is 12.0. The minimum Gasteiger partial charge on any atom is -0.390 e. The Morgan fingerprint density at radius 2 is 1.80 bits per heavy atom. The van der Waals surface area contributed by atoms with E-state index in [1.165, 1.54) is 12.8 Å². The summed E-state index contributed by atoms with van der Waals surface area (Å²) in [6.45, 7) is 2.16. The Kier molecular flexibility index (Phi) is 5.62. The van der Waals surface area contributed by atoms with Crippen LogP contribution in [-0.4, -0.2) is 21.4 Å². The Morgan fingerprint density at radius 1 is 1.30 bits per heavy atom. The first-order valence-electron chi connectivity index (χ1n) is 3.47. The summed E-state index contributed by atoms with van der Waals surface area (Å²) >= 11 is 3.48. The lowest BCUT2D eigenvalue weighted by Crippen LogP contribution is -2.32. The molecule has 0 aromatic rings. The van der Waals surface area contributed by atoms with Gasteiger partial charge in [-0.1, -0.05) is 35.1 Å². The van der Waals surface area contributed by atoms with Crippen LogP contribution in [0.5, 0.6) is 0 Å². The van der Waals surface area contributed by atoms with Crippen molar-refractivity contribution in [1.29, 1.82) is 0 Å². The SMILES string of the molecule is CCCC[Si](Br)(OC)OC. The van der Waals surface area contributed by atoms with Crippen molar-refractivity contribution < 1.29 is 8.85 Å². The molecular formula is C6H15BrO2Si. The summed E-state index contributed by atoms with van der Waals surface area (Å²) in [6.07, 6.45) is 2.35. The molecule has 10 heavy (non-hydrogen) atoms. The fraction of sp³-hybridized carbons (Fsp3) is 1.00. The lowest BCUT2D eigenvalue weighted by molar-refractivity contribution is 0.269. The second kappa shape index (κ2) is 5.29. The molecule has 0 amide bonds. The van der Waals surface area contributed by atoms with E-state index in [4.69, 9.17) is 8.85 Å². The molecule has 0 N–H and O–H groups in total. The van der Waals surface area contributed by atoms with Gasteiger partial charge in [0.05, 0.1) is 0 Å². The molecule has 0 bridgehead atoms. The van der Waals surface area contributed by atoms with Gasteiger partial charge in [0.25, 0.3) is 0 Å². The average molecular weight is 227 g/mol. The summed E-state index contributed by atoms with van der Waals surface area (Å²) in [7, 11) is 1.48. The van der Waals surface area contributed by atoms with Crippen molar-refractivity contribution in [2.75, 3.05) is 14.2 Å². The van der Waals surface area contributed by atoms with Crippen molar-refractivity contribution in [3.8, 4) is 0 Å². The van der Waals surface area contributed by atoms with Gasteiger partial charge in [0, 0.05) is 20.3 Å². The topological polar surface area (TPSA) is 18.5 Å². The summed E-state index contributed by atoms with van der Waals surface area (Å²) in [5.74, 6) is 0. The van der Waals surface area contributed by atoms with Gasteiger partial charge in [-0.25, -0.2) is 0 Å². The van der Waals surface area contributed by atoms with Crippen LogP contribution in [-0.2, 0) is 8.85 Å². The van der Waals surface area contributed by atoms with Crippen LogP contribution >= 0.6 is 15.3 Å². The first-order valence-corrected chi connectivity index (χ1v) is 7.75. The fourth-order valence-corrected chi connectivity index (χ4v) is 2.87. The Hall–Kier alpha value is 0.617. The summed E-state index contributed by atoms with van der Waals surface area (Å²) in [4.78, 5) is 0. The van der Waals surface area contributed by atoms with Crippen LogP contribution in [0, 0.1) is 0 Å². The Balaban J connectivity index is 3.58. The van der Waals surface area contributed by atoms with Gasteiger partial charge in [-0.3, -0.25) is 0 Å². The monoisotopic (exact) mass is 226 g/mol. The van der Waals surface area contributed by atoms with Crippen LogP contribution < -0.4 is 0 Å². The molecular weight excluding hydrogens is 212 g/mol. The van der Waals surface area contributed by atoms with Gasteiger partial charge < -0.3 is 8.85 Å². The third kappa shape index (κ3) is 3.70. The third-order valence-electron chi connectivity index (χ3n) is 1.44. The maximum Gasteiger partial charge on any atom is 0.413 e. The zero-order chi connectivity index (χ0) is 8.04. The second-order valence-electron chi connectivity index (χ2n) is 2.17. The summed E-state index contributed by atoms with van der Waals surface area (Å²) in [5, 5.41) is 0. The molecule has 2 nitrogen and oxygen atoms in total. The van der Waals surface area contributed by atoms with E-state index in [0.717, 1.165) is 6.04 Å². The van der Waals surface area contributed by atoms with Gasteiger partial charge >= 0.3 is 7.18 Å². The van der Waals surface area contributed by atoms with Crippen LogP contribution in [0.15, 0.2) is 0 Å². The highest BCUT2D eigenvalue weighted by atomic mass is 79.9. The molecule has 0 aliphatic carbocycles. The molecule has 0 unspecified atom stereocenters. The van der Waals surface area contributed by atoms with E-state index in [1.54, 1.807) is 14.2 Å². The summed E-state index contributed by atoms with van der Waals surface area (Å²) < 4.78 is 10.4. The van der Waals surface area contributed by atoms with Crippen LogP contribution in [0.4, 0.5) is 0 Å². The highest BCUT2D eigenvalue weighted by Gasteiger charge is 2.30. The third-order valence-corrected chi connectivity index (χ3v) is 6.74. The number of rotatable bonds is 5. The molecule has 0 rings (SSSR count). The van der Waals surface area contributed by atoms with Crippen molar-refractivity contribution in [1.82, 2.24) is 0 Å². The maximum atomic E-state index is 5.22. The van der Waals surface area contributed by atoms with E-state index in [1.807, 2.05) is 0 Å². The van der Waals surface area contributed by atoms with E-state index in [0.29, 0.717) is 0 Å². The van der Waals surface area contributed by atoms with E-state index in [9.17, 15) is 0 Å². The molecule has 0 fully saturated rings. The van der Waals surface area contributed by atoms with Gasteiger partial charge in [0.1, 0.15) is 0 Å². The Labute approximate surface area is 71.7 Å². The number of unbranched alkanes of at least 4 members (excludes halogenated alkanes) is 1. The van der Waals surface area contributed by atoms with Gasteiger partial charge in [0.2, 0.25) is 0 Å². The van der Waals surface area contributed by atoms with Gasteiger partial charge in [0.15, 0.2) is 0 Å². The quantitative estimate of drug-likeness (QED) is 0.530. The minimum atomic E-state index is -1.91. The predicted molar refractivity (Wildman–Crippen MR) is 48.4 cm³/mol. The summed E-state index contributed by atoms with van der Waals surface area (Å²) in [5.41, 5.74) is 0. The van der Waals surface area contributed by atoms with E-state index >= 15 is 0 Å². The molecule has 0 spiro atoms. The zero-order valence-electron chi connectivity index (χ0n) is 6.82. The van der Waals surface area contributed by atoms with Crippen LogP contribution in [0.1, 0.15) is 19.8 Å². The summed E-state index contributed by atoms with van der Waals surface area (Å²) in [6, 6.07) is 1.02. The molecule has 0 aromatic carbocycles. The molecule has 0 aliphatic heterocycles. The van der Waals surface area contributed by atoms with Crippen LogP contribution in [0.3, 0.4) is 0 Å². The molecule has 0 aliphatic rings. The van der Waals surface area contributed by atoms with Gasteiger partial charge in [-0.15, -0.1) is 0 Å². The fourth-order valence-electron chi connectivity index (χ4n) is 0.675. The van der Waals surface area contributed by atoms with Crippen LogP contribution in [0.2, 0.25) is 6.04 Å². The first-order chi connectivity index (χ1) is 4.68. The average Bonchev–Trinajstić information content (AvgIpc) is 2.00.